The largest absolute Gasteiger partial charge is 0.573 e. The van der Waals surface area contributed by atoms with Crippen LogP contribution >= 0.6 is 0 Å². The third kappa shape index (κ3) is 8.72. The molecule has 0 amide bonds. The van der Waals surface area contributed by atoms with Crippen molar-refractivity contribution < 1.29 is 45.7 Å². The number of nitrogens with zero attached hydrogens (tertiary/aromatic N) is 3. The van der Waals surface area contributed by atoms with Gasteiger partial charge in [0.05, 0.1) is 0 Å². The molecule has 0 saturated carbocycles. The number of aromatic amines is 1. The summed E-state index contributed by atoms with van der Waals surface area (Å²) in [6, 6.07) is 16.0. The molecule has 194 valence electrons. The molecule has 0 unspecified atom stereocenters. The highest BCUT2D eigenvalue weighted by Gasteiger charge is 2.38. The number of nitrogens with one attached hydrogen (secondary N) is 2. The van der Waals surface area contributed by atoms with Crippen molar-refractivity contribution in [3.8, 4) is 28.6 Å². The van der Waals surface area contributed by atoms with Crippen LogP contribution in [0.25, 0.3) is 11.4 Å². The molecule has 0 aliphatic carbocycles. The average Bonchev–Trinajstić information content (AvgIpc) is 3.29. The standard InChI is InChI=1S/C20H14F3N5O2.C2HF3O2/c21-20(22,23)30-17-7-3-14(4-8-17)25-19-26-18(27-28-19)13-1-5-15(6-2-13)29-16-9-11-24-12-10-16;3-2(4,5)1(6)7/h1-12H,(H2,25,26,27,28);(H,6,7). The fourth-order valence-corrected chi connectivity index (χ4v) is 2.54. The molecule has 0 fully saturated rings. The summed E-state index contributed by atoms with van der Waals surface area (Å²) in [6.07, 6.45) is -6.53. The number of anilines is 2. The first kappa shape index (κ1) is 26.8. The van der Waals surface area contributed by atoms with Gasteiger partial charge in [0.1, 0.15) is 17.2 Å². The lowest BCUT2D eigenvalue weighted by Crippen LogP contribution is -2.21. The smallest absolute Gasteiger partial charge is 0.475 e. The van der Waals surface area contributed by atoms with Crippen molar-refractivity contribution in [1.29, 1.82) is 0 Å². The number of benzene rings is 2. The Morgan fingerprint density at radius 2 is 1.38 bits per heavy atom. The Bertz CT molecular complexity index is 1290. The molecule has 3 N–H and O–H groups in total. The number of H-pyrrole nitrogens is 1. The number of halogens is 6. The molecule has 9 nitrogen and oxygen atoms in total. The lowest BCUT2D eigenvalue weighted by atomic mass is 10.2. The fourth-order valence-electron chi connectivity index (χ4n) is 2.54. The Labute approximate surface area is 203 Å². The molecule has 37 heavy (non-hydrogen) atoms. The maximum Gasteiger partial charge on any atom is 0.573 e. The third-order valence-corrected chi connectivity index (χ3v) is 4.09. The van der Waals surface area contributed by atoms with E-state index >= 15 is 0 Å². The van der Waals surface area contributed by atoms with Gasteiger partial charge in [0.25, 0.3) is 0 Å². The first-order valence-corrected chi connectivity index (χ1v) is 9.93. The van der Waals surface area contributed by atoms with Gasteiger partial charge in [-0.05, 0) is 60.7 Å². The Morgan fingerprint density at radius 1 is 0.838 bits per heavy atom. The van der Waals surface area contributed by atoms with Gasteiger partial charge >= 0.3 is 18.5 Å². The van der Waals surface area contributed by atoms with Crippen LogP contribution in [0.2, 0.25) is 0 Å². The van der Waals surface area contributed by atoms with Gasteiger partial charge in [0.15, 0.2) is 5.82 Å². The summed E-state index contributed by atoms with van der Waals surface area (Å²) < 4.78 is 77.9. The Kier molecular flexibility index (Phi) is 8.16. The molecule has 0 atom stereocenters. The minimum Gasteiger partial charge on any atom is -0.475 e. The number of carboxylic acids is 1. The van der Waals surface area contributed by atoms with Gasteiger partial charge in [-0.25, -0.2) is 4.79 Å². The van der Waals surface area contributed by atoms with Crippen LogP contribution in [0.3, 0.4) is 0 Å². The highest BCUT2D eigenvalue weighted by atomic mass is 19.4. The van der Waals surface area contributed by atoms with Crippen LogP contribution in [0.5, 0.6) is 17.2 Å². The van der Waals surface area contributed by atoms with Crippen LogP contribution in [0.4, 0.5) is 38.0 Å². The summed E-state index contributed by atoms with van der Waals surface area (Å²) in [5, 5.41) is 16.9. The molecule has 2 aromatic heterocycles. The van der Waals surface area contributed by atoms with E-state index < -0.39 is 18.5 Å². The number of carboxylic acid groups (broad SMARTS) is 1. The van der Waals surface area contributed by atoms with Crippen molar-refractivity contribution >= 4 is 17.6 Å². The molecule has 0 saturated heterocycles. The van der Waals surface area contributed by atoms with E-state index in [1.807, 2.05) is 12.1 Å². The zero-order valence-electron chi connectivity index (χ0n) is 18.2. The van der Waals surface area contributed by atoms with E-state index in [1.54, 1.807) is 36.7 Å². The zero-order valence-corrected chi connectivity index (χ0v) is 18.2. The van der Waals surface area contributed by atoms with Crippen molar-refractivity contribution in [2.45, 2.75) is 12.5 Å². The van der Waals surface area contributed by atoms with Crippen LogP contribution in [0, 0.1) is 0 Å². The number of aromatic nitrogens is 4. The van der Waals surface area contributed by atoms with Crippen molar-refractivity contribution in [3.05, 3.63) is 73.1 Å². The third-order valence-electron chi connectivity index (χ3n) is 4.09. The van der Waals surface area contributed by atoms with Gasteiger partial charge in [0.2, 0.25) is 5.95 Å². The number of rotatable bonds is 6. The molecule has 4 rings (SSSR count). The summed E-state index contributed by atoms with van der Waals surface area (Å²) in [7, 11) is 0. The number of alkyl halides is 6. The normalized spacial score (nSPS) is 11.2. The molecule has 15 heteroatoms. The number of aliphatic carboxylic acids is 1. The first-order valence-electron chi connectivity index (χ1n) is 9.93. The van der Waals surface area contributed by atoms with E-state index in [4.69, 9.17) is 14.6 Å². The van der Waals surface area contributed by atoms with Gasteiger partial charge in [-0.15, -0.1) is 18.3 Å². The van der Waals surface area contributed by atoms with Gasteiger partial charge in [0, 0.05) is 23.6 Å². The van der Waals surface area contributed by atoms with Crippen molar-refractivity contribution in [3.63, 3.8) is 0 Å². The molecule has 0 aliphatic rings. The van der Waals surface area contributed by atoms with Crippen LogP contribution in [0.1, 0.15) is 0 Å². The minimum absolute atomic E-state index is 0.270. The van der Waals surface area contributed by atoms with Crippen LogP contribution in [0.15, 0.2) is 73.1 Å². The van der Waals surface area contributed by atoms with E-state index in [0.717, 1.165) is 5.56 Å². The Hall–Kier alpha value is -4.82. The average molecular weight is 527 g/mol. The number of hydrogen-bond acceptors (Lipinski definition) is 7. The van der Waals surface area contributed by atoms with Crippen molar-refractivity contribution in [2.75, 3.05) is 5.32 Å². The van der Waals surface area contributed by atoms with Gasteiger partial charge in [-0.2, -0.15) is 18.2 Å². The van der Waals surface area contributed by atoms with E-state index in [-0.39, 0.29) is 11.7 Å². The van der Waals surface area contributed by atoms with Gasteiger partial charge < -0.3 is 19.9 Å². The molecule has 0 spiro atoms. The number of hydrogen-bond donors (Lipinski definition) is 3. The van der Waals surface area contributed by atoms with Crippen LogP contribution in [-0.4, -0.2) is 43.8 Å². The molecule has 0 bridgehead atoms. The molecule has 0 radical (unpaired) electrons. The Morgan fingerprint density at radius 3 is 1.92 bits per heavy atom. The number of pyridine rings is 1. The second-order valence-corrected chi connectivity index (χ2v) is 6.82. The van der Waals surface area contributed by atoms with Crippen LogP contribution < -0.4 is 14.8 Å². The fraction of sp³-hybridized carbons (Fsp3) is 0.0909. The highest BCUT2D eigenvalue weighted by Crippen LogP contribution is 2.26. The minimum atomic E-state index is -5.08. The predicted octanol–water partition coefficient (Wildman–Crippen LogP) is 5.93. The quantitative estimate of drug-likeness (QED) is 0.264. The molecule has 0 aliphatic heterocycles. The number of ether oxygens (including phenoxy) is 2. The maximum atomic E-state index is 12.2. The molecular weight excluding hydrogens is 512 g/mol. The monoisotopic (exact) mass is 527 g/mol. The van der Waals surface area contributed by atoms with Crippen molar-refractivity contribution in [2.24, 2.45) is 0 Å². The van der Waals surface area contributed by atoms with Crippen molar-refractivity contribution in [1.82, 2.24) is 20.2 Å². The number of carbonyl (C=O) groups is 1. The Balaban J connectivity index is 0.000000479. The molecule has 2 aromatic carbocycles. The van der Waals surface area contributed by atoms with E-state index in [2.05, 4.69) is 30.2 Å². The second kappa shape index (κ2) is 11.3. The van der Waals surface area contributed by atoms with E-state index in [1.165, 1.54) is 24.3 Å². The SMILES string of the molecule is FC(F)(F)Oc1ccc(Nc2n[nH]c(-c3ccc(Oc4ccncc4)cc3)n2)cc1.O=C(O)C(F)(F)F. The molecule has 4 aromatic rings. The van der Waals surface area contributed by atoms with Crippen LogP contribution in [-0.2, 0) is 4.79 Å². The predicted molar refractivity (Wildman–Crippen MR) is 116 cm³/mol. The van der Waals surface area contributed by atoms with E-state index in [9.17, 15) is 26.3 Å². The summed E-state index contributed by atoms with van der Waals surface area (Å²) in [6.45, 7) is 0. The summed E-state index contributed by atoms with van der Waals surface area (Å²) >= 11 is 0. The summed E-state index contributed by atoms with van der Waals surface area (Å²) in [5.74, 6) is -0.943. The maximum absolute atomic E-state index is 12.2. The topological polar surface area (TPSA) is 122 Å². The summed E-state index contributed by atoms with van der Waals surface area (Å²) in [4.78, 5) is 17.2. The molecular formula is C22H15F6N5O4. The van der Waals surface area contributed by atoms with Gasteiger partial charge in [-0.1, -0.05) is 0 Å². The lowest BCUT2D eigenvalue weighted by Gasteiger charge is -2.09. The lowest BCUT2D eigenvalue weighted by molar-refractivity contribution is -0.274. The van der Waals surface area contributed by atoms with Gasteiger partial charge in [-0.3, -0.25) is 10.1 Å². The first-order chi connectivity index (χ1) is 17.4. The highest BCUT2D eigenvalue weighted by molar-refractivity contribution is 5.73. The summed E-state index contributed by atoms with van der Waals surface area (Å²) in [5.41, 5.74) is 1.29. The second-order valence-electron chi connectivity index (χ2n) is 6.82. The molecule has 2 heterocycles. The van der Waals surface area contributed by atoms with E-state index in [0.29, 0.717) is 23.0 Å². The zero-order chi connectivity index (χ0) is 27.1.